The minimum atomic E-state index is 0.0906. The molecule has 92 valence electrons. The third-order valence-corrected chi connectivity index (χ3v) is 3.48. The topological polar surface area (TPSA) is 64.7 Å². The van der Waals surface area contributed by atoms with E-state index in [1.807, 2.05) is 24.4 Å². The molecule has 0 spiro atoms. The fourth-order valence-corrected chi connectivity index (χ4v) is 2.60. The van der Waals surface area contributed by atoms with Crippen LogP contribution in [0.5, 0.6) is 0 Å². The molecule has 0 aliphatic heterocycles. The predicted molar refractivity (Wildman–Crippen MR) is 74.4 cm³/mol. The second-order valence-electron chi connectivity index (χ2n) is 4.07. The van der Waals surface area contributed by atoms with Crippen molar-refractivity contribution in [3.63, 3.8) is 0 Å². The van der Waals surface area contributed by atoms with Crippen molar-refractivity contribution in [3.8, 4) is 11.3 Å². The maximum absolute atomic E-state index is 8.94. The van der Waals surface area contributed by atoms with Crippen molar-refractivity contribution < 1.29 is 5.11 Å². The van der Waals surface area contributed by atoms with Gasteiger partial charge in [-0.3, -0.25) is 0 Å². The number of hydrogen-bond acceptors (Lipinski definition) is 2. The summed E-state index contributed by atoms with van der Waals surface area (Å²) in [5.41, 5.74) is 3.01. The number of aromatic nitrogens is 3. The highest BCUT2D eigenvalue weighted by Gasteiger charge is 2.13. The molecule has 0 bridgehead atoms. The van der Waals surface area contributed by atoms with Crippen molar-refractivity contribution in [2.75, 3.05) is 6.61 Å². The molecule has 0 atom stereocenters. The van der Waals surface area contributed by atoms with Crippen LogP contribution < -0.4 is 0 Å². The zero-order chi connectivity index (χ0) is 12.5. The first-order valence-electron chi connectivity index (χ1n) is 5.71. The number of hydrogen-bond donors (Lipinski definition) is 3. The van der Waals surface area contributed by atoms with Crippen molar-refractivity contribution in [3.05, 3.63) is 40.9 Å². The number of imidazole rings is 1. The number of fused-ring (bicyclic) bond motifs is 1. The van der Waals surface area contributed by atoms with E-state index >= 15 is 0 Å². The van der Waals surface area contributed by atoms with Crippen LogP contribution >= 0.6 is 15.9 Å². The smallest absolute Gasteiger partial charge is 0.110 e. The molecule has 2 aromatic heterocycles. The molecule has 1 aromatic carbocycles. The van der Waals surface area contributed by atoms with E-state index in [0.717, 1.165) is 32.6 Å². The summed E-state index contributed by atoms with van der Waals surface area (Å²) in [4.78, 5) is 10.9. The Morgan fingerprint density at radius 3 is 2.94 bits per heavy atom. The van der Waals surface area contributed by atoms with E-state index in [2.05, 4.69) is 36.9 Å². The van der Waals surface area contributed by atoms with Gasteiger partial charge in [-0.15, -0.1) is 0 Å². The lowest BCUT2D eigenvalue weighted by molar-refractivity contribution is 0.297. The maximum Gasteiger partial charge on any atom is 0.110 e. The molecular weight excluding hydrogens is 294 g/mol. The van der Waals surface area contributed by atoms with Gasteiger partial charge in [0.1, 0.15) is 16.1 Å². The molecule has 0 radical (unpaired) electrons. The van der Waals surface area contributed by atoms with Crippen LogP contribution in [0.3, 0.4) is 0 Å². The number of nitrogens with zero attached hydrogens (tertiary/aromatic N) is 1. The van der Waals surface area contributed by atoms with E-state index in [1.165, 1.54) is 0 Å². The van der Waals surface area contributed by atoms with Gasteiger partial charge in [-0.1, -0.05) is 18.2 Å². The van der Waals surface area contributed by atoms with Crippen LogP contribution in [0.25, 0.3) is 22.2 Å². The first-order valence-corrected chi connectivity index (χ1v) is 6.50. The minimum absolute atomic E-state index is 0.0906. The van der Waals surface area contributed by atoms with E-state index in [4.69, 9.17) is 5.11 Å². The van der Waals surface area contributed by atoms with Crippen LogP contribution in [-0.4, -0.2) is 26.7 Å². The number of para-hydroxylation sites is 1. The van der Waals surface area contributed by atoms with Crippen LogP contribution in [0, 0.1) is 0 Å². The Kier molecular flexibility index (Phi) is 2.93. The number of H-pyrrole nitrogens is 2. The third-order valence-electron chi connectivity index (χ3n) is 2.90. The quantitative estimate of drug-likeness (QED) is 0.696. The van der Waals surface area contributed by atoms with Crippen LogP contribution in [-0.2, 0) is 6.42 Å². The summed E-state index contributed by atoms with van der Waals surface area (Å²) in [6.45, 7) is 0.0906. The van der Waals surface area contributed by atoms with Crippen molar-refractivity contribution in [1.82, 2.24) is 15.0 Å². The summed E-state index contributed by atoms with van der Waals surface area (Å²) in [6, 6.07) is 8.11. The molecule has 5 heteroatoms. The predicted octanol–water partition coefficient (Wildman–Crippen LogP) is 2.86. The fourth-order valence-electron chi connectivity index (χ4n) is 2.07. The summed E-state index contributed by atoms with van der Waals surface area (Å²) >= 11 is 3.48. The van der Waals surface area contributed by atoms with Gasteiger partial charge in [-0.05, 0) is 22.0 Å². The maximum atomic E-state index is 8.94. The molecule has 18 heavy (non-hydrogen) atoms. The highest BCUT2D eigenvalue weighted by Crippen LogP contribution is 2.32. The first kappa shape index (κ1) is 11.5. The second kappa shape index (κ2) is 4.59. The van der Waals surface area contributed by atoms with E-state index in [0.29, 0.717) is 6.42 Å². The van der Waals surface area contributed by atoms with E-state index < -0.39 is 0 Å². The Morgan fingerprint density at radius 2 is 2.11 bits per heavy atom. The van der Waals surface area contributed by atoms with E-state index in [-0.39, 0.29) is 6.61 Å². The standard InChI is InChI=1S/C13H12BrN3O/c14-13-12(16-11(17-13)5-6-18)9-7-15-10-4-2-1-3-8(9)10/h1-4,7,15,18H,5-6H2,(H,16,17). The molecule has 0 aliphatic carbocycles. The zero-order valence-corrected chi connectivity index (χ0v) is 11.2. The number of halogens is 1. The monoisotopic (exact) mass is 305 g/mol. The Morgan fingerprint density at radius 1 is 1.28 bits per heavy atom. The Bertz CT molecular complexity index is 686. The Labute approximate surface area is 112 Å². The Hall–Kier alpha value is -1.59. The van der Waals surface area contributed by atoms with Gasteiger partial charge in [0.2, 0.25) is 0 Å². The third kappa shape index (κ3) is 1.85. The first-order chi connectivity index (χ1) is 8.79. The van der Waals surface area contributed by atoms with Gasteiger partial charge in [0.05, 0.1) is 6.61 Å². The van der Waals surface area contributed by atoms with Gasteiger partial charge in [-0.25, -0.2) is 4.98 Å². The lowest BCUT2D eigenvalue weighted by atomic mass is 10.1. The molecule has 3 aromatic rings. The normalized spacial score (nSPS) is 11.2. The highest BCUT2D eigenvalue weighted by atomic mass is 79.9. The molecule has 0 unspecified atom stereocenters. The molecule has 2 heterocycles. The van der Waals surface area contributed by atoms with Gasteiger partial charge < -0.3 is 15.1 Å². The highest BCUT2D eigenvalue weighted by molar-refractivity contribution is 9.10. The average Bonchev–Trinajstić information content (AvgIpc) is 2.93. The van der Waals surface area contributed by atoms with Crippen molar-refractivity contribution in [2.24, 2.45) is 0 Å². The summed E-state index contributed by atoms with van der Waals surface area (Å²) < 4.78 is 0.843. The average molecular weight is 306 g/mol. The second-order valence-corrected chi connectivity index (χ2v) is 4.86. The molecule has 3 N–H and O–H groups in total. The van der Waals surface area contributed by atoms with Crippen LogP contribution in [0.1, 0.15) is 5.82 Å². The van der Waals surface area contributed by atoms with Crippen LogP contribution in [0.4, 0.5) is 0 Å². The van der Waals surface area contributed by atoms with Crippen LogP contribution in [0.15, 0.2) is 35.1 Å². The van der Waals surface area contributed by atoms with E-state index in [9.17, 15) is 0 Å². The minimum Gasteiger partial charge on any atom is -0.396 e. The molecule has 0 saturated carbocycles. The number of benzene rings is 1. The summed E-state index contributed by atoms with van der Waals surface area (Å²) in [5.74, 6) is 0.782. The van der Waals surface area contributed by atoms with Gasteiger partial charge in [-0.2, -0.15) is 0 Å². The SMILES string of the molecule is OCCc1nc(-c2c[nH]c3ccccc23)c(Br)[nH]1. The largest absolute Gasteiger partial charge is 0.396 e. The molecular formula is C13H12BrN3O. The van der Waals surface area contributed by atoms with Crippen LogP contribution in [0.2, 0.25) is 0 Å². The van der Waals surface area contributed by atoms with Crippen molar-refractivity contribution in [2.45, 2.75) is 6.42 Å². The number of aliphatic hydroxyl groups is 1. The van der Waals surface area contributed by atoms with Gasteiger partial charge in [0, 0.05) is 29.1 Å². The fraction of sp³-hybridized carbons (Fsp3) is 0.154. The molecule has 0 amide bonds. The molecule has 0 fully saturated rings. The summed E-state index contributed by atoms with van der Waals surface area (Å²) in [7, 11) is 0. The van der Waals surface area contributed by atoms with E-state index in [1.54, 1.807) is 0 Å². The lowest BCUT2D eigenvalue weighted by Gasteiger charge is -1.95. The van der Waals surface area contributed by atoms with Crippen molar-refractivity contribution in [1.29, 1.82) is 0 Å². The molecule has 0 saturated heterocycles. The molecule has 4 nitrogen and oxygen atoms in total. The van der Waals surface area contributed by atoms with Crippen molar-refractivity contribution >= 4 is 26.8 Å². The number of aromatic amines is 2. The zero-order valence-electron chi connectivity index (χ0n) is 9.57. The summed E-state index contributed by atoms with van der Waals surface area (Å²) in [6.07, 6.45) is 2.48. The number of aliphatic hydroxyl groups excluding tert-OH is 1. The van der Waals surface area contributed by atoms with Gasteiger partial charge in [0.15, 0.2) is 0 Å². The number of rotatable bonds is 3. The lowest BCUT2D eigenvalue weighted by Crippen LogP contribution is -1.92. The Balaban J connectivity index is 2.14. The van der Waals surface area contributed by atoms with Gasteiger partial charge >= 0.3 is 0 Å². The number of nitrogens with one attached hydrogen (secondary N) is 2. The molecule has 0 aliphatic rings. The summed E-state index contributed by atoms with van der Waals surface area (Å²) in [5, 5.41) is 10.1. The molecule has 3 rings (SSSR count). The van der Waals surface area contributed by atoms with Gasteiger partial charge in [0.25, 0.3) is 0 Å².